The fraction of sp³-hybridized carbons (Fsp3) is 0.435. The maximum atomic E-state index is 13.1. The van der Waals surface area contributed by atoms with Crippen LogP contribution in [0.4, 0.5) is 4.39 Å². The second kappa shape index (κ2) is 9.89. The summed E-state index contributed by atoms with van der Waals surface area (Å²) in [5.74, 6) is -0.368. The number of benzene rings is 2. The summed E-state index contributed by atoms with van der Waals surface area (Å²) in [6.45, 7) is 7.69. The maximum Gasteiger partial charge on any atom is 0.243 e. The van der Waals surface area contributed by atoms with Gasteiger partial charge in [-0.15, -0.1) is 0 Å². The number of aryl methyl sites for hydroxylation is 2. The van der Waals surface area contributed by atoms with Gasteiger partial charge in [0.15, 0.2) is 0 Å². The molecular weight excluding hydrogens is 417 g/mol. The summed E-state index contributed by atoms with van der Waals surface area (Å²) >= 11 is 0. The first kappa shape index (κ1) is 23.4. The molecule has 1 amide bonds. The van der Waals surface area contributed by atoms with Crippen LogP contribution in [0.2, 0.25) is 0 Å². The molecule has 0 aromatic heterocycles. The predicted octanol–water partition coefficient (Wildman–Crippen LogP) is 2.50. The lowest BCUT2D eigenvalue weighted by Crippen LogP contribution is -2.55. The summed E-state index contributed by atoms with van der Waals surface area (Å²) in [5, 5.41) is 2.92. The number of rotatable bonds is 7. The minimum atomic E-state index is -3.55. The van der Waals surface area contributed by atoms with E-state index in [4.69, 9.17) is 0 Å². The van der Waals surface area contributed by atoms with E-state index in [0.29, 0.717) is 44.0 Å². The minimum Gasteiger partial charge on any atom is -0.354 e. The largest absolute Gasteiger partial charge is 0.354 e. The Bertz CT molecular complexity index is 1020. The summed E-state index contributed by atoms with van der Waals surface area (Å²) < 4.78 is 40.6. The first-order valence-corrected chi connectivity index (χ1v) is 12.0. The Balaban J connectivity index is 1.51. The molecule has 2 aromatic rings. The third kappa shape index (κ3) is 5.70. The molecule has 1 aliphatic heterocycles. The molecule has 1 aliphatic rings. The van der Waals surface area contributed by atoms with Crippen molar-refractivity contribution in [2.75, 3.05) is 32.7 Å². The van der Waals surface area contributed by atoms with Gasteiger partial charge >= 0.3 is 0 Å². The van der Waals surface area contributed by atoms with Crippen LogP contribution in [0.15, 0.2) is 47.4 Å². The number of carbonyl (C=O) groups is 1. The van der Waals surface area contributed by atoms with Crippen LogP contribution in [-0.2, 0) is 21.2 Å². The van der Waals surface area contributed by atoms with Crippen molar-refractivity contribution in [1.29, 1.82) is 0 Å². The van der Waals surface area contributed by atoms with Crippen LogP contribution in [0, 0.1) is 19.7 Å². The van der Waals surface area contributed by atoms with Gasteiger partial charge in [0, 0.05) is 32.7 Å². The van der Waals surface area contributed by atoms with Crippen LogP contribution >= 0.6 is 0 Å². The highest BCUT2D eigenvalue weighted by molar-refractivity contribution is 7.89. The first-order valence-electron chi connectivity index (χ1n) is 10.5. The van der Waals surface area contributed by atoms with Crippen molar-refractivity contribution in [3.05, 3.63) is 65.0 Å². The number of sulfonamides is 1. The highest BCUT2D eigenvalue weighted by atomic mass is 32.2. The Morgan fingerprint density at radius 2 is 1.71 bits per heavy atom. The van der Waals surface area contributed by atoms with Crippen molar-refractivity contribution in [2.45, 2.75) is 38.1 Å². The number of nitrogens with zero attached hydrogens (tertiary/aromatic N) is 2. The van der Waals surface area contributed by atoms with Crippen molar-refractivity contribution < 1.29 is 17.6 Å². The van der Waals surface area contributed by atoms with E-state index < -0.39 is 10.0 Å². The molecule has 31 heavy (non-hydrogen) atoms. The average Bonchev–Trinajstić information content (AvgIpc) is 2.76. The summed E-state index contributed by atoms with van der Waals surface area (Å²) in [4.78, 5) is 14.9. The van der Waals surface area contributed by atoms with Crippen LogP contribution in [-0.4, -0.2) is 62.3 Å². The van der Waals surface area contributed by atoms with Gasteiger partial charge in [0.2, 0.25) is 15.9 Å². The number of hydrogen-bond acceptors (Lipinski definition) is 4. The van der Waals surface area contributed by atoms with E-state index in [1.807, 2.05) is 30.9 Å². The summed E-state index contributed by atoms with van der Waals surface area (Å²) in [6.07, 6.45) is 0.626. The lowest BCUT2D eigenvalue weighted by Gasteiger charge is -2.37. The summed E-state index contributed by atoms with van der Waals surface area (Å²) in [6, 6.07) is 11.3. The highest BCUT2D eigenvalue weighted by Gasteiger charge is 2.32. The SMILES string of the molecule is Cc1ccc(C)c(S(=O)(=O)N2CCN(C(C)C(=O)NCCc3ccc(F)cc3)CC2)c1. The Morgan fingerprint density at radius 3 is 2.35 bits per heavy atom. The Morgan fingerprint density at radius 1 is 1.06 bits per heavy atom. The predicted molar refractivity (Wildman–Crippen MR) is 119 cm³/mol. The van der Waals surface area contributed by atoms with E-state index in [1.165, 1.54) is 16.4 Å². The van der Waals surface area contributed by atoms with Gasteiger partial charge in [0.1, 0.15) is 5.82 Å². The number of carbonyl (C=O) groups excluding carboxylic acids is 1. The van der Waals surface area contributed by atoms with Gasteiger partial charge in [0.05, 0.1) is 10.9 Å². The zero-order chi connectivity index (χ0) is 22.6. The van der Waals surface area contributed by atoms with Crippen molar-refractivity contribution in [1.82, 2.24) is 14.5 Å². The van der Waals surface area contributed by atoms with Crippen LogP contribution in [0.1, 0.15) is 23.6 Å². The number of piperazine rings is 1. The molecule has 6 nitrogen and oxygen atoms in total. The lowest BCUT2D eigenvalue weighted by molar-refractivity contribution is -0.126. The molecule has 1 N–H and O–H groups in total. The minimum absolute atomic E-state index is 0.0899. The van der Waals surface area contributed by atoms with E-state index in [0.717, 1.165) is 16.7 Å². The zero-order valence-electron chi connectivity index (χ0n) is 18.3. The molecule has 0 saturated carbocycles. The van der Waals surface area contributed by atoms with Gasteiger partial charge < -0.3 is 5.32 Å². The molecule has 0 bridgehead atoms. The summed E-state index contributed by atoms with van der Waals surface area (Å²) in [5.41, 5.74) is 2.61. The molecule has 8 heteroatoms. The van der Waals surface area contributed by atoms with Gasteiger partial charge in [-0.25, -0.2) is 12.8 Å². The Kier molecular flexibility index (Phi) is 7.46. The zero-order valence-corrected chi connectivity index (χ0v) is 19.1. The molecule has 1 unspecified atom stereocenters. The van der Waals surface area contributed by atoms with Crippen LogP contribution in [0.3, 0.4) is 0 Å². The molecule has 0 aliphatic carbocycles. The molecule has 168 valence electrons. The topological polar surface area (TPSA) is 69.7 Å². The third-order valence-electron chi connectivity index (χ3n) is 5.79. The average molecular weight is 448 g/mol. The molecule has 1 saturated heterocycles. The second-order valence-electron chi connectivity index (χ2n) is 8.05. The molecular formula is C23H30FN3O3S. The fourth-order valence-corrected chi connectivity index (χ4v) is 5.48. The van der Waals surface area contributed by atoms with E-state index in [2.05, 4.69) is 5.32 Å². The van der Waals surface area contributed by atoms with Crippen LogP contribution < -0.4 is 5.32 Å². The number of halogens is 1. The highest BCUT2D eigenvalue weighted by Crippen LogP contribution is 2.22. The summed E-state index contributed by atoms with van der Waals surface area (Å²) in [7, 11) is -3.55. The quantitative estimate of drug-likeness (QED) is 0.708. The molecule has 0 spiro atoms. The molecule has 2 aromatic carbocycles. The van der Waals surface area contributed by atoms with Crippen molar-refractivity contribution in [3.8, 4) is 0 Å². The maximum absolute atomic E-state index is 13.1. The van der Waals surface area contributed by atoms with Gasteiger partial charge in [-0.05, 0) is 62.1 Å². The van der Waals surface area contributed by atoms with Gasteiger partial charge in [-0.2, -0.15) is 4.31 Å². The lowest BCUT2D eigenvalue weighted by atomic mass is 10.1. The van der Waals surface area contributed by atoms with Gasteiger partial charge in [0.25, 0.3) is 0 Å². The van der Waals surface area contributed by atoms with Crippen molar-refractivity contribution in [2.24, 2.45) is 0 Å². The normalized spacial score (nSPS) is 16.8. The first-order chi connectivity index (χ1) is 14.7. The monoisotopic (exact) mass is 447 g/mol. The number of hydrogen-bond donors (Lipinski definition) is 1. The second-order valence-corrected chi connectivity index (χ2v) is 9.96. The van der Waals surface area contributed by atoms with Gasteiger partial charge in [-0.1, -0.05) is 24.3 Å². The molecule has 1 fully saturated rings. The van der Waals surface area contributed by atoms with Gasteiger partial charge in [-0.3, -0.25) is 9.69 Å². The molecule has 1 atom stereocenters. The number of nitrogens with one attached hydrogen (secondary N) is 1. The molecule has 3 rings (SSSR count). The number of amides is 1. The van der Waals surface area contributed by atoms with E-state index in [-0.39, 0.29) is 17.8 Å². The Labute approximate surface area is 184 Å². The van der Waals surface area contributed by atoms with Crippen molar-refractivity contribution >= 4 is 15.9 Å². The smallest absolute Gasteiger partial charge is 0.243 e. The van der Waals surface area contributed by atoms with E-state index in [1.54, 1.807) is 25.1 Å². The fourth-order valence-electron chi connectivity index (χ4n) is 3.75. The van der Waals surface area contributed by atoms with E-state index in [9.17, 15) is 17.6 Å². The third-order valence-corrected chi connectivity index (χ3v) is 7.83. The molecule has 0 radical (unpaired) electrons. The molecule has 1 heterocycles. The van der Waals surface area contributed by atoms with Crippen LogP contribution in [0.25, 0.3) is 0 Å². The standard InChI is InChI=1S/C23H30FN3O3S/c1-17-4-5-18(2)22(16-17)31(29,30)27-14-12-26(13-15-27)19(3)23(28)25-11-10-20-6-8-21(24)9-7-20/h4-9,16,19H,10-15H2,1-3H3,(H,25,28). The van der Waals surface area contributed by atoms with Crippen molar-refractivity contribution in [3.63, 3.8) is 0 Å². The van der Waals surface area contributed by atoms with Crippen LogP contribution in [0.5, 0.6) is 0 Å². The van der Waals surface area contributed by atoms with E-state index >= 15 is 0 Å². The Hall–Kier alpha value is -2.29.